The van der Waals surface area contributed by atoms with Crippen molar-refractivity contribution in [1.82, 2.24) is 0 Å². The van der Waals surface area contributed by atoms with Gasteiger partial charge in [0, 0.05) is 72.8 Å². The smallest absolute Gasteiger partial charge is 0.261 e. The van der Waals surface area contributed by atoms with Crippen molar-refractivity contribution in [2.45, 2.75) is 63.7 Å². The van der Waals surface area contributed by atoms with Gasteiger partial charge in [-0.25, -0.2) is 0 Å². The molecule has 5 aromatic rings. The maximum absolute atomic E-state index is 14.0. The number of hydrogen-bond acceptors (Lipinski definition) is 10. The van der Waals surface area contributed by atoms with Gasteiger partial charge in [0.2, 0.25) is 0 Å². The molecular weight excluding hydrogens is 791 g/mol. The molecule has 12 heteroatoms. The first kappa shape index (κ1) is 39.7. The average molecular weight is 838 g/mol. The van der Waals surface area contributed by atoms with Gasteiger partial charge in [0.05, 0.1) is 41.7 Å². The van der Waals surface area contributed by atoms with Crippen molar-refractivity contribution in [1.29, 1.82) is 0 Å². The number of para-hydroxylation sites is 2. The molecule has 0 saturated carbocycles. The van der Waals surface area contributed by atoms with Crippen LogP contribution < -0.4 is 28.9 Å². The molecule has 2 atom stereocenters. The Labute approximate surface area is 359 Å². The van der Waals surface area contributed by atoms with Crippen LogP contribution in [0.5, 0.6) is 17.2 Å². The minimum absolute atomic E-state index is 0.00428. The van der Waals surface area contributed by atoms with Gasteiger partial charge in [-0.2, -0.15) is 0 Å². The Kier molecular flexibility index (Phi) is 10.6. The molecule has 0 unspecified atom stereocenters. The number of carbonyl (C=O) groups is 2. The molecule has 0 bridgehead atoms. The summed E-state index contributed by atoms with van der Waals surface area (Å²) in [5.74, 6) is 1.46. The van der Waals surface area contributed by atoms with E-state index < -0.39 is 0 Å². The van der Waals surface area contributed by atoms with Crippen molar-refractivity contribution < 1.29 is 23.8 Å². The fourth-order valence-corrected chi connectivity index (χ4v) is 11.0. The van der Waals surface area contributed by atoms with E-state index in [1.807, 2.05) is 88.5 Å². The molecule has 4 aliphatic rings. The minimum atomic E-state index is -0.155. The van der Waals surface area contributed by atoms with Crippen molar-refractivity contribution in [2.24, 2.45) is 9.98 Å². The molecule has 0 saturated heterocycles. The summed E-state index contributed by atoms with van der Waals surface area (Å²) in [6.07, 6.45) is 7.32. The lowest BCUT2D eigenvalue weighted by molar-refractivity contribution is 0.0979. The number of nitrogens with zero attached hydrogens (tertiary/aromatic N) is 5. The molecule has 2 amide bonds. The van der Waals surface area contributed by atoms with Crippen molar-refractivity contribution >= 4 is 74.3 Å². The molecule has 4 heterocycles. The van der Waals surface area contributed by atoms with E-state index in [4.69, 9.17) is 24.2 Å². The van der Waals surface area contributed by atoms with E-state index in [0.29, 0.717) is 39.8 Å². The standard InChI is InChI=1S/C48H47N5O5S2/c1-29-15-37-39(49-24-35-19-32-11-7-9-13-41(32)52(35)46(37)54)22-43(29)57-26-30-16-31(18-34(17-30)51(4)28-48(2,3)60-59-6)27-58-45-23-40-38(21-44(45)56-5)47(55)53-36(25-50-40)20-33-12-8-10-14-42(33)53/h7-18,21-25,35-36H,19-20,26-28H2,1-6H3/t35-,36-/m0/s1. The lowest BCUT2D eigenvalue weighted by Crippen LogP contribution is -2.37. The zero-order chi connectivity index (χ0) is 41.7. The van der Waals surface area contributed by atoms with E-state index in [2.05, 4.69) is 62.4 Å². The monoisotopic (exact) mass is 837 g/mol. The van der Waals surface area contributed by atoms with Gasteiger partial charge < -0.3 is 19.1 Å². The molecule has 0 aromatic heterocycles. The fourth-order valence-electron chi connectivity index (χ4n) is 8.76. The normalized spacial score (nSPS) is 17.2. The molecule has 5 aromatic carbocycles. The highest BCUT2D eigenvalue weighted by Gasteiger charge is 2.38. The maximum Gasteiger partial charge on any atom is 0.261 e. The van der Waals surface area contributed by atoms with Crippen LogP contribution in [-0.4, -0.2) is 68.0 Å². The molecule has 0 N–H and O–H groups in total. The van der Waals surface area contributed by atoms with Gasteiger partial charge >= 0.3 is 0 Å². The zero-order valence-corrected chi connectivity index (χ0v) is 36.2. The second-order valence-electron chi connectivity index (χ2n) is 16.3. The number of aliphatic imine (C=N–C) groups is 2. The highest BCUT2D eigenvalue weighted by atomic mass is 33.1. The highest BCUT2D eigenvalue weighted by molar-refractivity contribution is 8.77. The number of hydrogen-bond donors (Lipinski definition) is 0. The summed E-state index contributed by atoms with van der Waals surface area (Å²) in [5, 5.41) is 0. The molecular formula is C48H47N5O5S2. The molecule has 306 valence electrons. The first-order valence-corrected chi connectivity index (χ1v) is 22.7. The van der Waals surface area contributed by atoms with Crippen LogP contribution in [0.2, 0.25) is 0 Å². The van der Waals surface area contributed by atoms with Crippen LogP contribution in [0.3, 0.4) is 0 Å². The third kappa shape index (κ3) is 7.51. The van der Waals surface area contributed by atoms with Crippen LogP contribution in [0.4, 0.5) is 28.4 Å². The fraction of sp³-hybridized carbons (Fsp3) is 0.292. The first-order chi connectivity index (χ1) is 29.0. The Hall–Kier alpha value is -5.72. The number of rotatable bonds is 12. The average Bonchev–Trinajstić information content (AvgIpc) is 3.73. The third-order valence-electron chi connectivity index (χ3n) is 11.5. The van der Waals surface area contributed by atoms with E-state index >= 15 is 0 Å². The van der Waals surface area contributed by atoms with E-state index in [1.165, 1.54) is 0 Å². The molecule has 0 spiro atoms. The summed E-state index contributed by atoms with van der Waals surface area (Å²) in [6, 6.07) is 29.5. The van der Waals surface area contributed by atoms with Gasteiger partial charge in [-0.05, 0) is 97.3 Å². The Morgan fingerprint density at radius 3 is 1.83 bits per heavy atom. The topological polar surface area (TPSA) is 96.3 Å². The second-order valence-corrected chi connectivity index (χ2v) is 19.4. The lowest BCUT2D eigenvalue weighted by atomic mass is 10.1. The summed E-state index contributed by atoms with van der Waals surface area (Å²) in [4.78, 5) is 43.5. The third-order valence-corrected chi connectivity index (χ3v) is 14.1. The van der Waals surface area contributed by atoms with Crippen LogP contribution in [0.25, 0.3) is 0 Å². The van der Waals surface area contributed by atoms with Gasteiger partial charge in [0.1, 0.15) is 19.0 Å². The number of ether oxygens (including phenoxy) is 3. The molecule has 10 nitrogen and oxygen atoms in total. The van der Waals surface area contributed by atoms with Gasteiger partial charge in [-0.1, -0.05) is 58.0 Å². The predicted octanol–water partition coefficient (Wildman–Crippen LogP) is 9.96. The molecule has 0 radical (unpaired) electrons. The SMILES string of the molecule is COc1cc2c(cc1OCc1cc(COc3cc4c(cc3C)C(=O)N3c5ccccc5C[C@H]3C=N4)cc(N(C)CC(C)(C)SSC)c1)N=C[C@@H]1Cc3ccccc3N1C2=O. The number of aryl methyl sites for hydroxylation is 1. The van der Waals surface area contributed by atoms with E-state index in [-0.39, 0.29) is 41.9 Å². The predicted molar refractivity (Wildman–Crippen MR) is 246 cm³/mol. The van der Waals surface area contributed by atoms with Crippen LogP contribution >= 0.6 is 21.6 Å². The largest absolute Gasteiger partial charge is 0.493 e. The number of methoxy groups -OCH3 is 1. The number of benzene rings is 5. The number of anilines is 3. The quantitative estimate of drug-likeness (QED) is 0.115. The van der Waals surface area contributed by atoms with E-state index in [9.17, 15) is 9.59 Å². The van der Waals surface area contributed by atoms with Crippen LogP contribution in [0.1, 0.15) is 62.4 Å². The lowest BCUT2D eigenvalue weighted by Gasteiger charge is -2.31. The Morgan fingerprint density at radius 2 is 1.27 bits per heavy atom. The summed E-state index contributed by atoms with van der Waals surface area (Å²) in [7, 11) is 7.31. The van der Waals surface area contributed by atoms with Crippen LogP contribution in [0.15, 0.2) is 101 Å². The van der Waals surface area contributed by atoms with Crippen molar-refractivity contribution in [2.75, 3.05) is 41.7 Å². The van der Waals surface area contributed by atoms with Crippen molar-refractivity contribution in [3.8, 4) is 17.2 Å². The summed E-state index contributed by atoms with van der Waals surface area (Å²) >= 11 is 0. The van der Waals surface area contributed by atoms with Crippen LogP contribution in [-0.2, 0) is 26.1 Å². The molecule has 9 rings (SSSR count). The van der Waals surface area contributed by atoms with Crippen molar-refractivity contribution in [3.05, 3.63) is 130 Å². The number of amides is 2. The molecule has 0 aliphatic carbocycles. The summed E-state index contributed by atoms with van der Waals surface area (Å²) < 4.78 is 18.9. The Morgan fingerprint density at radius 1 is 0.733 bits per heavy atom. The van der Waals surface area contributed by atoms with Crippen LogP contribution in [0, 0.1) is 6.92 Å². The zero-order valence-electron chi connectivity index (χ0n) is 34.6. The van der Waals surface area contributed by atoms with Gasteiger partial charge in [-0.3, -0.25) is 29.4 Å². The molecule has 4 aliphatic heterocycles. The molecule has 60 heavy (non-hydrogen) atoms. The Bertz CT molecular complexity index is 2590. The minimum Gasteiger partial charge on any atom is -0.493 e. The van der Waals surface area contributed by atoms with Gasteiger partial charge in [0.15, 0.2) is 11.5 Å². The highest BCUT2D eigenvalue weighted by Crippen LogP contribution is 2.42. The first-order valence-electron chi connectivity index (χ1n) is 20.1. The maximum atomic E-state index is 14.0. The summed E-state index contributed by atoms with van der Waals surface area (Å²) in [6.45, 7) is 7.81. The number of carbonyl (C=O) groups excluding carboxylic acids is 2. The van der Waals surface area contributed by atoms with Crippen molar-refractivity contribution in [3.63, 3.8) is 0 Å². The Balaban J connectivity index is 0.976. The second kappa shape index (κ2) is 16.0. The summed E-state index contributed by atoms with van der Waals surface area (Å²) in [5.41, 5.74) is 10.1. The van der Waals surface area contributed by atoms with E-state index in [0.717, 1.165) is 64.3 Å². The molecule has 0 fully saturated rings. The van der Waals surface area contributed by atoms with E-state index in [1.54, 1.807) is 30.0 Å². The van der Waals surface area contributed by atoms with Gasteiger partial charge in [-0.15, -0.1) is 0 Å². The van der Waals surface area contributed by atoms with Gasteiger partial charge in [0.25, 0.3) is 11.8 Å². The number of fused-ring (bicyclic) bond motifs is 8.